The Hall–Kier alpha value is -1.61. The first-order valence-corrected chi connectivity index (χ1v) is 4.89. The van der Waals surface area contributed by atoms with E-state index in [2.05, 4.69) is 4.98 Å². The molecule has 0 saturated heterocycles. The molecule has 3 nitrogen and oxygen atoms in total. The molecule has 0 atom stereocenters. The van der Waals surface area contributed by atoms with Crippen LogP contribution >= 0.6 is 0 Å². The summed E-state index contributed by atoms with van der Waals surface area (Å²) < 4.78 is 5.31. The summed E-state index contributed by atoms with van der Waals surface area (Å²) in [7, 11) is 1.66. The molecular formula is C12H14N2O. The zero-order valence-corrected chi connectivity index (χ0v) is 8.95. The molecule has 2 N–H and O–H groups in total. The van der Waals surface area contributed by atoms with Crippen molar-refractivity contribution in [3.63, 3.8) is 0 Å². The van der Waals surface area contributed by atoms with Crippen LogP contribution in [0.5, 0.6) is 5.75 Å². The van der Waals surface area contributed by atoms with Crippen molar-refractivity contribution < 1.29 is 4.74 Å². The van der Waals surface area contributed by atoms with E-state index in [4.69, 9.17) is 10.5 Å². The number of pyridine rings is 1. The minimum atomic E-state index is 0.500. The minimum Gasteiger partial charge on any atom is -0.496 e. The summed E-state index contributed by atoms with van der Waals surface area (Å²) >= 11 is 0. The molecule has 2 rings (SSSR count). The Morgan fingerprint density at radius 1 is 1.40 bits per heavy atom. The van der Waals surface area contributed by atoms with Gasteiger partial charge in [0.1, 0.15) is 5.75 Å². The Morgan fingerprint density at radius 3 is 2.87 bits per heavy atom. The third-order valence-electron chi connectivity index (χ3n) is 2.45. The van der Waals surface area contributed by atoms with E-state index in [-0.39, 0.29) is 0 Å². The Labute approximate surface area is 88.9 Å². The largest absolute Gasteiger partial charge is 0.496 e. The predicted octanol–water partition coefficient (Wildman–Crippen LogP) is 2.01. The van der Waals surface area contributed by atoms with E-state index < -0.39 is 0 Å². The summed E-state index contributed by atoms with van der Waals surface area (Å²) in [6, 6.07) is 7.85. The summed E-state index contributed by atoms with van der Waals surface area (Å²) in [6.45, 7) is 2.47. The smallest absolute Gasteiger partial charge is 0.128 e. The molecule has 0 saturated carbocycles. The van der Waals surface area contributed by atoms with Crippen LogP contribution in [0.1, 0.15) is 11.3 Å². The summed E-state index contributed by atoms with van der Waals surface area (Å²) in [5.41, 5.74) is 8.73. The Balaban J connectivity index is 2.84. The van der Waals surface area contributed by atoms with Gasteiger partial charge in [0.25, 0.3) is 0 Å². The van der Waals surface area contributed by atoms with Crippen molar-refractivity contribution in [1.82, 2.24) is 4.98 Å². The minimum absolute atomic E-state index is 0.500. The van der Waals surface area contributed by atoms with Crippen LogP contribution in [0.2, 0.25) is 0 Å². The molecule has 0 bridgehead atoms. The van der Waals surface area contributed by atoms with Crippen LogP contribution in [-0.4, -0.2) is 12.1 Å². The normalized spacial score (nSPS) is 10.6. The van der Waals surface area contributed by atoms with Crippen molar-refractivity contribution in [1.29, 1.82) is 0 Å². The van der Waals surface area contributed by atoms with E-state index >= 15 is 0 Å². The van der Waals surface area contributed by atoms with Crippen LogP contribution in [0.3, 0.4) is 0 Å². The van der Waals surface area contributed by atoms with Gasteiger partial charge >= 0.3 is 0 Å². The highest BCUT2D eigenvalue weighted by molar-refractivity contribution is 5.88. The Morgan fingerprint density at radius 2 is 2.20 bits per heavy atom. The predicted molar refractivity (Wildman–Crippen MR) is 60.9 cm³/mol. The quantitative estimate of drug-likeness (QED) is 0.810. The van der Waals surface area contributed by atoms with Crippen molar-refractivity contribution in [2.24, 2.45) is 5.73 Å². The number of nitrogens with two attached hydrogens (primary N) is 1. The molecule has 1 aromatic carbocycles. The first kappa shape index (κ1) is 9.93. The van der Waals surface area contributed by atoms with Gasteiger partial charge in [-0.05, 0) is 30.7 Å². The molecular weight excluding hydrogens is 188 g/mol. The first-order chi connectivity index (χ1) is 7.26. The maximum atomic E-state index is 5.73. The van der Waals surface area contributed by atoms with Gasteiger partial charge in [-0.15, -0.1) is 0 Å². The van der Waals surface area contributed by atoms with Crippen LogP contribution in [0, 0.1) is 6.92 Å². The van der Waals surface area contributed by atoms with E-state index in [9.17, 15) is 0 Å². The molecule has 0 amide bonds. The maximum absolute atomic E-state index is 5.73. The van der Waals surface area contributed by atoms with Gasteiger partial charge in [0.2, 0.25) is 0 Å². The van der Waals surface area contributed by atoms with Crippen LogP contribution < -0.4 is 10.5 Å². The summed E-state index contributed by atoms with van der Waals surface area (Å²) in [4.78, 5) is 4.46. The number of methoxy groups -OCH3 is 1. The van der Waals surface area contributed by atoms with Gasteiger partial charge in [-0.1, -0.05) is 6.07 Å². The first-order valence-electron chi connectivity index (χ1n) is 4.89. The van der Waals surface area contributed by atoms with Crippen molar-refractivity contribution in [2.75, 3.05) is 7.11 Å². The van der Waals surface area contributed by atoms with E-state index in [0.29, 0.717) is 6.54 Å². The number of hydrogen-bond acceptors (Lipinski definition) is 3. The van der Waals surface area contributed by atoms with Crippen LogP contribution in [0.25, 0.3) is 10.9 Å². The fraction of sp³-hybridized carbons (Fsp3) is 0.250. The number of ether oxygens (including phenoxy) is 1. The number of benzene rings is 1. The number of hydrogen-bond donors (Lipinski definition) is 1. The highest BCUT2D eigenvalue weighted by Gasteiger charge is 2.07. The highest BCUT2D eigenvalue weighted by Crippen LogP contribution is 2.27. The third kappa shape index (κ3) is 1.66. The van der Waals surface area contributed by atoms with E-state index in [1.807, 2.05) is 31.2 Å². The van der Waals surface area contributed by atoms with Gasteiger partial charge in [-0.3, -0.25) is 4.98 Å². The van der Waals surface area contributed by atoms with Gasteiger partial charge in [0.05, 0.1) is 12.6 Å². The molecule has 0 aliphatic carbocycles. The Bertz CT molecular complexity index is 494. The van der Waals surface area contributed by atoms with E-state index in [0.717, 1.165) is 27.9 Å². The molecule has 0 fully saturated rings. The van der Waals surface area contributed by atoms with Crippen molar-refractivity contribution in [3.05, 3.63) is 35.5 Å². The second kappa shape index (κ2) is 3.87. The van der Waals surface area contributed by atoms with E-state index in [1.165, 1.54) is 0 Å². The fourth-order valence-electron chi connectivity index (χ4n) is 1.81. The molecule has 78 valence electrons. The van der Waals surface area contributed by atoms with Gasteiger partial charge < -0.3 is 10.5 Å². The number of rotatable bonds is 2. The molecule has 0 spiro atoms. The molecule has 0 radical (unpaired) electrons. The lowest BCUT2D eigenvalue weighted by Crippen LogP contribution is -2.01. The zero-order valence-electron chi connectivity index (χ0n) is 8.95. The van der Waals surface area contributed by atoms with Crippen molar-refractivity contribution in [2.45, 2.75) is 13.5 Å². The lowest BCUT2D eigenvalue weighted by molar-refractivity contribution is 0.419. The molecule has 3 heteroatoms. The second-order valence-electron chi connectivity index (χ2n) is 3.48. The van der Waals surface area contributed by atoms with Crippen LogP contribution in [0.15, 0.2) is 24.3 Å². The number of fused-ring (bicyclic) bond motifs is 1. The van der Waals surface area contributed by atoms with Crippen molar-refractivity contribution in [3.8, 4) is 5.75 Å². The molecule has 0 aliphatic rings. The molecule has 0 aliphatic heterocycles. The summed E-state index contributed by atoms with van der Waals surface area (Å²) in [5.74, 6) is 0.834. The number of aryl methyl sites for hydroxylation is 1. The maximum Gasteiger partial charge on any atom is 0.128 e. The molecule has 1 aromatic heterocycles. The SMILES string of the molecule is COc1cccc2nc(C)cc(CN)c12. The topological polar surface area (TPSA) is 48.1 Å². The van der Waals surface area contributed by atoms with E-state index in [1.54, 1.807) is 7.11 Å². The van der Waals surface area contributed by atoms with Crippen molar-refractivity contribution >= 4 is 10.9 Å². The summed E-state index contributed by atoms with van der Waals surface area (Å²) in [6.07, 6.45) is 0. The monoisotopic (exact) mass is 202 g/mol. The number of aromatic nitrogens is 1. The fourth-order valence-corrected chi connectivity index (χ4v) is 1.81. The van der Waals surface area contributed by atoms with Gasteiger partial charge in [-0.25, -0.2) is 0 Å². The molecule has 2 aromatic rings. The standard InChI is InChI=1S/C12H14N2O/c1-8-6-9(7-13)12-10(14-8)4-3-5-11(12)15-2/h3-6H,7,13H2,1-2H3. The molecule has 1 heterocycles. The lowest BCUT2D eigenvalue weighted by atomic mass is 10.1. The highest BCUT2D eigenvalue weighted by atomic mass is 16.5. The molecule has 15 heavy (non-hydrogen) atoms. The number of nitrogens with zero attached hydrogens (tertiary/aromatic N) is 1. The van der Waals surface area contributed by atoms with Gasteiger partial charge in [0, 0.05) is 17.6 Å². The Kier molecular flexibility index (Phi) is 2.56. The van der Waals surface area contributed by atoms with Crippen LogP contribution in [-0.2, 0) is 6.54 Å². The summed E-state index contributed by atoms with van der Waals surface area (Å²) in [5, 5.41) is 1.02. The lowest BCUT2D eigenvalue weighted by Gasteiger charge is -2.09. The average Bonchev–Trinajstić information content (AvgIpc) is 2.26. The second-order valence-corrected chi connectivity index (χ2v) is 3.48. The van der Waals surface area contributed by atoms with Gasteiger partial charge in [-0.2, -0.15) is 0 Å². The van der Waals surface area contributed by atoms with Gasteiger partial charge in [0.15, 0.2) is 0 Å². The average molecular weight is 202 g/mol. The van der Waals surface area contributed by atoms with Crippen LogP contribution in [0.4, 0.5) is 0 Å². The molecule has 0 unspecified atom stereocenters. The third-order valence-corrected chi connectivity index (χ3v) is 2.45. The zero-order chi connectivity index (χ0) is 10.8.